The number of allylic oxidation sites excluding steroid dienone is 2. The van der Waals surface area contributed by atoms with Gasteiger partial charge in [0.2, 0.25) is 0 Å². The van der Waals surface area contributed by atoms with Crippen LogP contribution in [0, 0.1) is 5.41 Å². The molecule has 0 saturated heterocycles. The Morgan fingerprint density at radius 1 is 1.40 bits per heavy atom. The third-order valence-electron chi connectivity index (χ3n) is 3.03. The summed E-state index contributed by atoms with van der Waals surface area (Å²) in [5.41, 5.74) is 3.84. The van der Waals surface area contributed by atoms with Gasteiger partial charge < -0.3 is 10.8 Å². The van der Waals surface area contributed by atoms with Crippen LogP contribution in [0.15, 0.2) is 47.6 Å². The van der Waals surface area contributed by atoms with Crippen molar-refractivity contribution < 1.29 is 18.3 Å². The van der Waals surface area contributed by atoms with Crippen LogP contribution in [-0.4, -0.2) is 22.0 Å². The van der Waals surface area contributed by atoms with E-state index in [0.29, 0.717) is 11.6 Å². The quantitative estimate of drug-likeness (QED) is 0.688. The lowest BCUT2D eigenvalue weighted by atomic mass is 10.1. The first-order valence-corrected chi connectivity index (χ1v) is 8.45. The van der Waals surface area contributed by atoms with Gasteiger partial charge in [0.25, 0.3) is 0 Å². The van der Waals surface area contributed by atoms with Crippen molar-refractivity contribution >= 4 is 17.0 Å². The van der Waals surface area contributed by atoms with E-state index in [1.54, 1.807) is 12.1 Å². The number of aliphatic hydroxyl groups is 1. The second-order valence-corrected chi connectivity index (χ2v) is 5.78. The molecule has 1 unspecified atom stereocenters. The van der Waals surface area contributed by atoms with Gasteiger partial charge in [-0.3, -0.25) is 10.4 Å². The molecule has 4 nitrogen and oxygen atoms in total. The van der Waals surface area contributed by atoms with Gasteiger partial charge in [-0.2, -0.15) is 13.2 Å². The largest absolute Gasteiger partial charge is 0.430 e. The average molecular weight is 371 g/mol. The maximum atomic E-state index is 12.4. The van der Waals surface area contributed by atoms with Crippen LogP contribution in [0.4, 0.5) is 13.2 Å². The summed E-state index contributed by atoms with van der Waals surface area (Å²) >= 11 is 1.41. The molecule has 136 valence electrons. The van der Waals surface area contributed by atoms with E-state index in [2.05, 4.69) is 4.98 Å². The monoisotopic (exact) mass is 371 g/mol. The fraction of sp³-hybridized carbons (Fsp3) is 0.294. The molecule has 8 heteroatoms. The number of aromatic nitrogens is 1. The zero-order valence-electron chi connectivity index (χ0n) is 13.8. The van der Waals surface area contributed by atoms with Gasteiger partial charge in [-0.1, -0.05) is 19.9 Å². The zero-order chi connectivity index (χ0) is 19.0. The van der Waals surface area contributed by atoms with Crippen molar-refractivity contribution in [2.45, 2.75) is 32.5 Å². The molecule has 0 aromatic carbocycles. The van der Waals surface area contributed by atoms with Crippen LogP contribution < -0.4 is 5.73 Å². The van der Waals surface area contributed by atoms with Crippen molar-refractivity contribution in [1.29, 1.82) is 5.41 Å². The van der Waals surface area contributed by atoms with Crippen molar-refractivity contribution in [2.24, 2.45) is 5.73 Å². The van der Waals surface area contributed by atoms with Crippen LogP contribution in [0.2, 0.25) is 0 Å². The predicted molar refractivity (Wildman–Crippen MR) is 93.7 cm³/mol. The van der Waals surface area contributed by atoms with Gasteiger partial charge in [0.15, 0.2) is 0 Å². The molecule has 2 aromatic heterocycles. The highest BCUT2D eigenvalue weighted by atomic mass is 32.1. The van der Waals surface area contributed by atoms with Gasteiger partial charge in [0.1, 0.15) is 5.70 Å². The lowest BCUT2D eigenvalue weighted by molar-refractivity contribution is -0.0925. The standard InChI is InChI=1S/C15H14F3N3OS.C2H6/c16-15(17,18)14(20)8-10(19)11-6-9(3-4-21-11)7-12(22)13-2-1-5-23-13;1-2/h1-6,8,12,19,22H,7,20H2;1-2H3/b14-8-,19-10?;. The molecule has 2 heterocycles. The summed E-state index contributed by atoms with van der Waals surface area (Å²) < 4.78 is 37.2. The van der Waals surface area contributed by atoms with Crippen molar-refractivity contribution in [3.63, 3.8) is 0 Å². The summed E-state index contributed by atoms with van der Waals surface area (Å²) in [7, 11) is 0. The summed E-state index contributed by atoms with van der Waals surface area (Å²) in [6.45, 7) is 4.00. The Kier molecular flexibility index (Phi) is 7.79. The molecule has 0 aliphatic carbocycles. The Hall–Kier alpha value is -2.19. The van der Waals surface area contributed by atoms with E-state index in [-0.39, 0.29) is 12.1 Å². The molecule has 2 rings (SSSR count). The Balaban J connectivity index is 0.00000151. The number of nitrogens with one attached hydrogen (secondary N) is 1. The molecule has 0 fully saturated rings. The van der Waals surface area contributed by atoms with Gasteiger partial charge in [-0.05, 0) is 35.2 Å². The van der Waals surface area contributed by atoms with Crippen LogP contribution in [0.1, 0.15) is 36.1 Å². The van der Waals surface area contributed by atoms with E-state index in [1.807, 2.05) is 25.3 Å². The lowest BCUT2D eigenvalue weighted by Gasteiger charge is -2.10. The second kappa shape index (κ2) is 9.33. The van der Waals surface area contributed by atoms with Crippen molar-refractivity contribution in [3.8, 4) is 0 Å². The number of hydrogen-bond acceptors (Lipinski definition) is 5. The highest BCUT2D eigenvalue weighted by Gasteiger charge is 2.31. The van der Waals surface area contributed by atoms with E-state index in [0.717, 1.165) is 4.88 Å². The minimum absolute atomic E-state index is 0.0630. The molecule has 1 atom stereocenters. The summed E-state index contributed by atoms with van der Waals surface area (Å²) in [5, 5.41) is 19.6. The van der Waals surface area contributed by atoms with Gasteiger partial charge in [-0.25, -0.2) is 0 Å². The van der Waals surface area contributed by atoms with Gasteiger partial charge >= 0.3 is 6.18 Å². The van der Waals surface area contributed by atoms with Crippen molar-refractivity contribution in [1.82, 2.24) is 4.98 Å². The Morgan fingerprint density at radius 2 is 2.08 bits per heavy atom. The highest BCUT2D eigenvalue weighted by Crippen LogP contribution is 2.24. The van der Waals surface area contributed by atoms with Crippen LogP contribution in [0.3, 0.4) is 0 Å². The van der Waals surface area contributed by atoms with Gasteiger partial charge in [0, 0.05) is 17.5 Å². The fourth-order valence-electron chi connectivity index (χ4n) is 1.86. The minimum atomic E-state index is -4.68. The Labute approximate surface area is 148 Å². The highest BCUT2D eigenvalue weighted by molar-refractivity contribution is 7.10. The van der Waals surface area contributed by atoms with Crippen LogP contribution in [-0.2, 0) is 6.42 Å². The zero-order valence-corrected chi connectivity index (χ0v) is 14.7. The molecule has 0 aliphatic heterocycles. The topological polar surface area (TPSA) is 83.0 Å². The normalized spacial score (nSPS) is 13.0. The number of aliphatic hydroxyl groups excluding tert-OH is 1. The van der Waals surface area contributed by atoms with E-state index >= 15 is 0 Å². The molecular weight excluding hydrogens is 351 g/mol. The molecule has 2 aromatic rings. The average Bonchev–Trinajstić information content (AvgIpc) is 3.10. The van der Waals surface area contributed by atoms with E-state index in [4.69, 9.17) is 11.1 Å². The predicted octanol–water partition coefficient (Wildman–Crippen LogP) is 4.22. The van der Waals surface area contributed by atoms with Crippen LogP contribution in [0.25, 0.3) is 0 Å². The number of pyridine rings is 1. The first-order valence-electron chi connectivity index (χ1n) is 7.57. The minimum Gasteiger partial charge on any atom is -0.395 e. The first-order chi connectivity index (χ1) is 11.8. The van der Waals surface area contributed by atoms with E-state index < -0.39 is 23.7 Å². The van der Waals surface area contributed by atoms with Crippen LogP contribution >= 0.6 is 11.3 Å². The number of nitrogens with zero attached hydrogens (tertiary/aromatic N) is 1. The molecule has 0 saturated carbocycles. The third-order valence-corrected chi connectivity index (χ3v) is 4.00. The van der Waals surface area contributed by atoms with E-state index in [1.165, 1.54) is 23.6 Å². The van der Waals surface area contributed by atoms with Gasteiger partial charge in [-0.15, -0.1) is 11.3 Å². The second-order valence-electron chi connectivity index (χ2n) is 4.80. The number of alkyl halides is 3. The third kappa shape index (κ3) is 6.32. The number of rotatable bonds is 5. The molecule has 0 bridgehead atoms. The van der Waals surface area contributed by atoms with Crippen molar-refractivity contribution in [2.75, 3.05) is 0 Å². The summed E-state index contributed by atoms with van der Waals surface area (Å²) in [4.78, 5) is 4.66. The summed E-state index contributed by atoms with van der Waals surface area (Å²) in [6, 6.07) is 6.73. The summed E-state index contributed by atoms with van der Waals surface area (Å²) in [6.07, 6.45) is -3.20. The molecule has 0 amide bonds. The molecular formula is C17H20F3N3OS. The lowest BCUT2D eigenvalue weighted by Crippen LogP contribution is -2.21. The number of thiophene rings is 1. The molecule has 25 heavy (non-hydrogen) atoms. The molecule has 0 radical (unpaired) electrons. The van der Waals surface area contributed by atoms with Crippen LogP contribution in [0.5, 0.6) is 0 Å². The molecule has 0 spiro atoms. The number of hydrogen-bond donors (Lipinski definition) is 3. The number of halogens is 3. The molecule has 0 aliphatic rings. The maximum absolute atomic E-state index is 12.4. The first kappa shape index (κ1) is 20.9. The van der Waals surface area contributed by atoms with E-state index in [9.17, 15) is 18.3 Å². The Morgan fingerprint density at radius 3 is 2.64 bits per heavy atom. The maximum Gasteiger partial charge on any atom is 0.430 e. The van der Waals surface area contributed by atoms with Crippen molar-refractivity contribution in [3.05, 3.63) is 63.7 Å². The Bertz CT molecular complexity index is 712. The SMILES string of the molecule is CC.N=C(/C=C(\N)C(F)(F)F)c1cc(CC(O)c2cccs2)ccn1. The van der Waals surface area contributed by atoms with Gasteiger partial charge in [0.05, 0.1) is 17.5 Å². The summed E-state index contributed by atoms with van der Waals surface area (Å²) in [5.74, 6) is 0. The number of nitrogens with two attached hydrogens (primary N) is 1. The smallest absolute Gasteiger partial charge is 0.395 e. The molecule has 4 N–H and O–H groups in total. The fourth-order valence-corrected chi connectivity index (χ4v) is 2.58.